The van der Waals surface area contributed by atoms with Gasteiger partial charge in [0.1, 0.15) is 0 Å². The van der Waals surface area contributed by atoms with E-state index in [-0.39, 0.29) is 12.0 Å². The molecule has 6 heteroatoms. The number of nitrogens with zero attached hydrogens (tertiary/aromatic N) is 1. The molecule has 1 amide bonds. The van der Waals surface area contributed by atoms with Gasteiger partial charge < -0.3 is 10.4 Å². The van der Waals surface area contributed by atoms with Crippen molar-refractivity contribution in [1.82, 2.24) is 0 Å². The van der Waals surface area contributed by atoms with Gasteiger partial charge in [-0.1, -0.05) is 18.2 Å². The van der Waals surface area contributed by atoms with Crippen LogP contribution in [0, 0.1) is 5.41 Å². The lowest BCUT2D eigenvalue weighted by molar-refractivity contribution is -0.105. The molecule has 2 aromatic rings. The van der Waals surface area contributed by atoms with Gasteiger partial charge in [-0.2, -0.15) is 0 Å². The Hall–Kier alpha value is -2.21. The molecule has 1 fully saturated rings. The van der Waals surface area contributed by atoms with E-state index in [1.54, 1.807) is 17.4 Å². The number of benzene rings is 1. The van der Waals surface area contributed by atoms with Crippen molar-refractivity contribution in [2.45, 2.75) is 12.8 Å². The molecule has 0 radical (unpaired) electrons. The van der Waals surface area contributed by atoms with E-state index in [4.69, 9.17) is 11.6 Å². The molecule has 1 saturated carbocycles. The van der Waals surface area contributed by atoms with Gasteiger partial charge in [0, 0.05) is 27.2 Å². The van der Waals surface area contributed by atoms with Crippen LogP contribution >= 0.6 is 22.9 Å². The molecule has 1 heterocycles. The molecule has 2 N–H and O–H groups in total. The second kappa shape index (κ2) is 7.58. The number of aliphatic hydroxyl groups excluding tert-OH is 1. The molecule has 1 aliphatic rings. The normalized spacial score (nSPS) is 15.4. The van der Waals surface area contributed by atoms with Crippen molar-refractivity contribution >= 4 is 47.3 Å². The Labute approximate surface area is 161 Å². The predicted molar refractivity (Wildman–Crippen MR) is 110 cm³/mol. The highest BCUT2D eigenvalue weighted by molar-refractivity contribution is 7.13. The fourth-order valence-electron chi connectivity index (χ4n) is 2.78. The lowest BCUT2D eigenvalue weighted by Gasteiger charge is -2.12. The van der Waals surface area contributed by atoms with E-state index in [1.807, 2.05) is 29.7 Å². The molecule has 26 heavy (non-hydrogen) atoms. The standard InChI is InChI=1S/C20H19ClN2O2S/c1-13(7-19(22-2)20(11-24)5-6-20)14-8-18(26-10-14)16-4-3-15(23-12-25)9-17(16)21/h3-4,7-10,12,24H,1-2,5-6,11H2,(H,23,25)/b19-7-. The summed E-state index contributed by atoms with van der Waals surface area (Å²) in [6.07, 6.45) is 4.37. The molecule has 4 nitrogen and oxygen atoms in total. The molecule has 1 aromatic heterocycles. The smallest absolute Gasteiger partial charge is 0.211 e. The summed E-state index contributed by atoms with van der Waals surface area (Å²) in [4.78, 5) is 15.6. The van der Waals surface area contributed by atoms with Crippen LogP contribution in [0.2, 0.25) is 5.02 Å². The van der Waals surface area contributed by atoms with E-state index in [1.165, 1.54) is 0 Å². The number of carbonyl (C=O) groups excluding carboxylic acids is 1. The highest BCUT2D eigenvalue weighted by Crippen LogP contribution is 2.52. The Kier molecular flexibility index (Phi) is 5.41. The van der Waals surface area contributed by atoms with Crippen LogP contribution in [0.15, 0.2) is 53.0 Å². The van der Waals surface area contributed by atoms with Crippen LogP contribution in [-0.4, -0.2) is 24.8 Å². The minimum atomic E-state index is -0.242. The largest absolute Gasteiger partial charge is 0.395 e. The second-order valence-corrected chi connectivity index (χ2v) is 7.63. The summed E-state index contributed by atoms with van der Waals surface area (Å²) < 4.78 is 0. The van der Waals surface area contributed by atoms with Gasteiger partial charge >= 0.3 is 0 Å². The second-order valence-electron chi connectivity index (χ2n) is 6.31. The van der Waals surface area contributed by atoms with Gasteiger partial charge in [0.15, 0.2) is 0 Å². The SMILES string of the molecule is C=N/C(=C\C(=C)c1csc(-c2ccc(NC=O)cc2Cl)c1)C1(CO)CC1. The highest BCUT2D eigenvalue weighted by Gasteiger charge is 2.45. The zero-order chi connectivity index (χ0) is 18.7. The Morgan fingerprint density at radius 2 is 2.19 bits per heavy atom. The number of hydrogen-bond donors (Lipinski definition) is 2. The molecule has 1 aromatic carbocycles. The number of carbonyl (C=O) groups is 1. The maximum absolute atomic E-state index is 10.5. The molecular formula is C20H19ClN2O2S. The number of aliphatic imine (C=N–C) groups is 1. The topological polar surface area (TPSA) is 61.7 Å². The van der Waals surface area contributed by atoms with E-state index in [0.29, 0.717) is 17.1 Å². The number of anilines is 1. The van der Waals surface area contributed by atoms with E-state index >= 15 is 0 Å². The molecule has 0 aliphatic heterocycles. The van der Waals surface area contributed by atoms with Crippen LogP contribution in [0.5, 0.6) is 0 Å². The van der Waals surface area contributed by atoms with Crippen molar-refractivity contribution in [3.8, 4) is 10.4 Å². The average Bonchev–Trinajstić information content (AvgIpc) is 3.28. The Morgan fingerprint density at radius 1 is 1.42 bits per heavy atom. The molecule has 0 bridgehead atoms. The Bertz CT molecular complexity index is 897. The summed E-state index contributed by atoms with van der Waals surface area (Å²) in [5.74, 6) is 0. The maximum atomic E-state index is 10.5. The van der Waals surface area contributed by atoms with Gasteiger partial charge in [-0.15, -0.1) is 11.3 Å². The molecule has 0 atom stereocenters. The van der Waals surface area contributed by atoms with Crippen molar-refractivity contribution in [3.63, 3.8) is 0 Å². The summed E-state index contributed by atoms with van der Waals surface area (Å²) in [6, 6.07) is 7.43. The maximum Gasteiger partial charge on any atom is 0.211 e. The van der Waals surface area contributed by atoms with Gasteiger partial charge in [-0.25, -0.2) is 0 Å². The third-order valence-corrected chi connectivity index (χ3v) is 5.89. The van der Waals surface area contributed by atoms with Crippen LogP contribution in [0.25, 0.3) is 16.0 Å². The van der Waals surface area contributed by atoms with Gasteiger partial charge in [0.05, 0.1) is 11.6 Å². The molecule has 0 saturated heterocycles. The van der Waals surface area contributed by atoms with Crippen molar-refractivity contribution in [3.05, 3.63) is 58.6 Å². The summed E-state index contributed by atoms with van der Waals surface area (Å²) in [5, 5.41) is 14.8. The number of hydrogen-bond acceptors (Lipinski definition) is 4. The zero-order valence-corrected chi connectivity index (χ0v) is 15.7. The Morgan fingerprint density at radius 3 is 2.77 bits per heavy atom. The number of nitrogens with one attached hydrogen (secondary N) is 1. The summed E-state index contributed by atoms with van der Waals surface area (Å²) in [6.45, 7) is 7.85. The number of aliphatic hydroxyl groups is 1. The summed E-state index contributed by atoms with van der Waals surface area (Å²) >= 11 is 7.92. The molecule has 134 valence electrons. The molecular weight excluding hydrogens is 368 g/mol. The van der Waals surface area contributed by atoms with E-state index in [9.17, 15) is 9.90 Å². The van der Waals surface area contributed by atoms with Crippen LogP contribution in [-0.2, 0) is 4.79 Å². The Balaban J connectivity index is 1.85. The third kappa shape index (κ3) is 3.65. The molecule has 1 aliphatic carbocycles. The quantitative estimate of drug-likeness (QED) is 0.380. The van der Waals surface area contributed by atoms with Crippen molar-refractivity contribution in [2.75, 3.05) is 11.9 Å². The fraction of sp³-hybridized carbons (Fsp3) is 0.200. The first-order valence-corrected chi connectivity index (χ1v) is 9.36. The van der Waals surface area contributed by atoms with Crippen molar-refractivity contribution < 1.29 is 9.90 Å². The van der Waals surface area contributed by atoms with E-state index < -0.39 is 0 Å². The number of thiophene rings is 1. The number of allylic oxidation sites excluding steroid dienone is 2. The van der Waals surface area contributed by atoms with Crippen LogP contribution < -0.4 is 5.32 Å². The number of amides is 1. The van der Waals surface area contributed by atoms with Gasteiger partial charge in [-0.3, -0.25) is 9.79 Å². The van der Waals surface area contributed by atoms with E-state index in [2.05, 4.69) is 23.6 Å². The summed E-state index contributed by atoms with van der Waals surface area (Å²) in [5.41, 5.74) is 3.90. The fourth-order valence-corrected chi connectivity index (χ4v) is 4.09. The number of rotatable bonds is 8. The highest BCUT2D eigenvalue weighted by atomic mass is 35.5. The van der Waals surface area contributed by atoms with Gasteiger partial charge in [-0.05, 0) is 66.4 Å². The minimum Gasteiger partial charge on any atom is -0.395 e. The first kappa shape index (κ1) is 18.6. The molecule has 0 unspecified atom stereocenters. The number of halogens is 1. The first-order valence-electron chi connectivity index (χ1n) is 8.10. The lowest BCUT2D eigenvalue weighted by atomic mass is 10.00. The zero-order valence-electron chi connectivity index (χ0n) is 14.2. The van der Waals surface area contributed by atoms with Gasteiger partial charge in [0.2, 0.25) is 6.41 Å². The van der Waals surface area contributed by atoms with Crippen molar-refractivity contribution in [2.24, 2.45) is 10.4 Å². The van der Waals surface area contributed by atoms with Crippen LogP contribution in [0.1, 0.15) is 18.4 Å². The van der Waals surface area contributed by atoms with Crippen molar-refractivity contribution in [1.29, 1.82) is 0 Å². The molecule has 3 rings (SSSR count). The first-order chi connectivity index (χ1) is 12.5. The third-order valence-electron chi connectivity index (χ3n) is 4.61. The summed E-state index contributed by atoms with van der Waals surface area (Å²) in [7, 11) is 0. The lowest BCUT2D eigenvalue weighted by Crippen LogP contribution is -2.08. The van der Waals surface area contributed by atoms with Crippen LogP contribution in [0.4, 0.5) is 5.69 Å². The molecule has 0 spiro atoms. The van der Waals surface area contributed by atoms with Gasteiger partial charge in [0.25, 0.3) is 0 Å². The predicted octanol–water partition coefficient (Wildman–Crippen LogP) is 5.01. The average molecular weight is 387 g/mol. The van der Waals surface area contributed by atoms with Crippen LogP contribution in [0.3, 0.4) is 0 Å². The minimum absolute atomic E-state index is 0.0802. The monoisotopic (exact) mass is 386 g/mol. The van der Waals surface area contributed by atoms with E-state index in [0.717, 1.165) is 40.1 Å².